The molecule has 2 aromatic carbocycles. The minimum absolute atomic E-state index is 0.263. The van der Waals surface area contributed by atoms with Gasteiger partial charge in [-0.15, -0.1) is 0 Å². The molecule has 0 fully saturated rings. The van der Waals surface area contributed by atoms with E-state index in [-0.39, 0.29) is 5.97 Å². The van der Waals surface area contributed by atoms with Crippen LogP contribution in [-0.2, 0) is 11.3 Å². The monoisotopic (exact) mass is 405 g/mol. The maximum absolute atomic E-state index is 12.2. The summed E-state index contributed by atoms with van der Waals surface area (Å²) < 4.78 is 8.43. The molecule has 0 bridgehead atoms. The molecule has 1 heterocycles. The number of ether oxygens (including phenoxy) is 1. The summed E-state index contributed by atoms with van der Waals surface area (Å²) in [7, 11) is 0. The van der Waals surface area contributed by atoms with Crippen molar-refractivity contribution in [3.8, 4) is 0 Å². The minimum Gasteiger partial charge on any atom is -0.462 e. The summed E-state index contributed by atoms with van der Waals surface area (Å²) in [4.78, 5) is 12.2. The molecule has 3 aromatic rings. The van der Waals surface area contributed by atoms with Gasteiger partial charge in [-0.2, -0.15) is 0 Å². The Bertz CT molecular complexity index is 809. The normalized spacial score (nSPS) is 10.8. The van der Waals surface area contributed by atoms with Crippen molar-refractivity contribution in [3.63, 3.8) is 0 Å². The molecular formula is C18H16INO2. The molecule has 0 radical (unpaired) electrons. The van der Waals surface area contributed by atoms with Crippen LogP contribution in [0.15, 0.2) is 54.7 Å². The number of carbonyl (C=O) groups excluding carboxylic acids is 1. The summed E-state index contributed by atoms with van der Waals surface area (Å²) in [5, 5.41) is 0.940. The molecule has 22 heavy (non-hydrogen) atoms. The predicted molar refractivity (Wildman–Crippen MR) is 96.2 cm³/mol. The van der Waals surface area contributed by atoms with Crippen LogP contribution in [0.5, 0.6) is 0 Å². The minimum atomic E-state index is -0.263. The Morgan fingerprint density at radius 2 is 1.95 bits per heavy atom. The van der Waals surface area contributed by atoms with Gasteiger partial charge in [-0.1, -0.05) is 36.4 Å². The standard InChI is InChI=1S/C18H16INO2/c1-2-22-18(21)16-12-20(11-13-6-4-3-5-7-13)17-10-14(19)8-9-15(16)17/h3-10,12H,2,11H2,1H3. The Morgan fingerprint density at radius 1 is 1.18 bits per heavy atom. The number of halogens is 1. The van der Waals surface area contributed by atoms with E-state index in [4.69, 9.17) is 4.74 Å². The molecule has 3 rings (SSSR count). The van der Waals surface area contributed by atoms with Gasteiger partial charge < -0.3 is 9.30 Å². The summed E-state index contributed by atoms with van der Waals surface area (Å²) in [5.41, 5.74) is 2.89. The zero-order chi connectivity index (χ0) is 15.5. The molecule has 0 unspecified atom stereocenters. The molecule has 0 atom stereocenters. The first-order chi connectivity index (χ1) is 10.7. The fourth-order valence-electron chi connectivity index (χ4n) is 2.55. The lowest BCUT2D eigenvalue weighted by molar-refractivity contribution is 0.0528. The van der Waals surface area contributed by atoms with Crippen LogP contribution in [0.3, 0.4) is 0 Å². The van der Waals surface area contributed by atoms with Crippen LogP contribution in [0.1, 0.15) is 22.8 Å². The van der Waals surface area contributed by atoms with Crippen LogP contribution in [0, 0.1) is 3.57 Å². The number of aromatic nitrogens is 1. The topological polar surface area (TPSA) is 31.2 Å². The third-order valence-electron chi connectivity index (χ3n) is 3.54. The SMILES string of the molecule is CCOC(=O)c1cn(Cc2ccccc2)c2cc(I)ccc12. The Morgan fingerprint density at radius 3 is 2.68 bits per heavy atom. The highest BCUT2D eigenvalue weighted by Gasteiger charge is 2.16. The molecule has 3 nitrogen and oxygen atoms in total. The number of hydrogen-bond acceptors (Lipinski definition) is 2. The third kappa shape index (κ3) is 3.02. The molecule has 0 aliphatic rings. The van der Waals surface area contributed by atoms with E-state index in [1.807, 2.05) is 43.5 Å². The van der Waals surface area contributed by atoms with Gasteiger partial charge in [0.2, 0.25) is 0 Å². The Labute approximate surface area is 143 Å². The molecule has 0 spiro atoms. The van der Waals surface area contributed by atoms with Crippen LogP contribution in [0.2, 0.25) is 0 Å². The largest absolute Gasteiger partial charge is 0.462 e. The first-order valence-electron chi connectivity index (χ1n) is 7.18. The lowest BCUT2D eigenvalue weighted by Gasteiger charge is -2.05. The number of fused-ring (bicyclic) bond motifs is 1. The maximum Gasteiger partial charge on any atom is 0.340 e. The second-order valence-corrected chi connectivity index (χ2v) is 6.28. The van der Waals surface area contributed by atoms with E-state index in [2.05, 4.69) is 45.4 Å². The molecule has 0 amide bonds. The van der Waals surface area contributed by atoms with Crippen molar-refractivity contribution in [3.05, 3.63) is 69.4 Å². The molecule has 0 aliphatic carbocycles. The van der Waals surface area contributed by atoms with E-state index in [1.165, 1.54) is 5.56 Å². The molecule has 4 heteroatoms. The van der Waals surface area contributed by atoms with Crippen molar-refractivity contribution in [2.75, 3.05) is 6.61 Å². The van der Waals surface area contributed by atoms with Crippen LogP contribution >= 0.6 is 22.6 Å². The van der Waals surface area contributed by atoms with Gasteiger partial charge in [-0.05, 0) is 47.2 Å². The number of hydrogen-bond donors (Lipinski definition) is 0. The number of nitrogens with zero attached hydrogens (tertiary/aromatic N) is 1. The summed E-state index contributed by atoms with van der Waals surface area (Å²) in [6, 6.07) is 16.3. The van der Waals surface area contributed by atoms with Crippen molar-refractivity contribution < 1.29 is 9.53 Å². The van der Waals surface area contributed by atoms with Crippen molar-refractivity contribution in [2.45, 2.75) is 13.5 Å². The highest BCUT2D eigenvalue weighted by atomic mass is 127. The highest BCUT2D eigenvalue weighted by Crippen LogP contribution is 2.25. The first-order valence-corrected chi connectivity index (χ1v) is 8.26. The fourth-order valence-corrected chi connectivity index (χ4v) is 3.02. The van der Waals surface area contributed by atoms with Crippen LogP contribution in [0.25, 0.3) is 10.9 Å². The van der Waals surface area contributed by atoms with Crippen LogP contribution in [0.4, 0.5) is 0 Å². The van der Waals surface area contributed by atoms with Crippen LogP contribution < -0.4 is 0 Å². The lowest BCUT2D eigenvalue weighted by Crippen LogP contribution is -2.04. The molecule has 0 saturated heterocycles. The highest BCUT2D eigenvalue weighted by molar-refractivity contribution is 14.1. The van der Waals surface area contributed by atoms with Gasteiger partial charge in [-0.25, -0.2) is 4.79 Å². The smallest absolute Gasteiger partial charge is 0.340 e. The number of rotatable bonds is 4. The van der Waals surface area contributed by atoms with Gasteiger partial charge in [0.25, 0.3) is 0 Å². The van der Waals surface area contributed by atoms with E-state index >= 15 is 0 Å². The predicted octanol–water partition coefficient (Wildman–Crippen LogP) is 4.47. The zero-order valence-electron chi connectivity index (χ0n) is 12.3. The Balaban J connectivity index is 2.09. The fraction of sp³-hybridized carbons (Fsp3) is 0.167. The van der Waals surface area contributed by atoms with Gasteiger partial charge >= 0.3 is 5.97 Å². The molecule has 1 aromatic heterocycles. The van der Waals surface area contributed by atoms with Gasteiger partial charge in [0.1, 0.15) is 0 Å². The van der Waals surface area contributed by atoms with Crippen molar-refractivity contribution in [1.82, 2.24) is 4.57 Å². The first kappa shape index (κ1) is 15.1. The maximum atomic E-state index is 12.2. The van der Waals surface area contributed by atoms with Crippen molar-refractivity contribution >= 4 is 39.5 Å². The summed E-state index contributed by atoms with van der Waals surface area (Å²) >= 11 is 2.29. The number of esters is 1. The zero-order valence-corrected chi connectivity index (χ0v) is 14.4. The van der Waals surface area contributed by atoms with E-state index in [0.717, 1.165) is 21.0 Å². The van der Waals surface area contributed by atoms with Gasteiger partial charge in [0.05, 0.1) is 17.7 Å². The van der Waals surface area contributed by atoms with Gasteiger partial charge in [0, 0.05) is 21.7 Å². The molecule has 0 aliphatic heterocycles. The number of carbonyl (C=O) groups is 1. The van der Waals surface area contributed by atoms with Crippen molar-refractivity contribution in [1.29, 1.82) is 0 Å². The van der Waals surface area contributed by atoms with E-state index in [9.17, 15) is 4.79 Å². The molecule has 112 valence electrons. The summed E-state index contributed by atoms with van der Waals surface area (Å²) in [6.07, 6.45) is 1.89. The van der Waals surface area contributed by atoms with E-state index in [0.29, 0.717) is 12.2 Å². The summed E-state index contributed by atoms with van der Waals surface area (Å²) in [6.45, 7) is 2.94. The van der Waals surface area contributed by atoms with E-state index < -0.39 is 0 Å². The molecule has 0 saturated carbocycles. The van der Waals surface area contributed by atoms with Gasteiger partial charge in [-0.3, -0.25) is 0 Å². The molecule has 0 N–H and O–H groups in total. The Kier molecular flexibility index (Phi) is 4.47. The lowest BCUT2D eigenvalue weighted by atomic mass is 10.2. The van der Waals surface area contributed by atoms with Crippen molar-refractivity contribution in [2.24, 2.45) is 0 Å². The third-order valence-corrected chi connectivity index (χ3v) is 4.21. The molecular weight excluding hydrogens is 389 g/mol. The summed E-state index contributed by atoms with van der Waals surface area (Å²) in [5.74, 6) is -0.263. The quantitative estimate of drug-likeness (QED) is 0.474. The average Bonchev–Trinajstić information content (AvgIpc) is 2.87. The van der Waals surface area contributed by atoms with Crippen LogP contribution in [-0.4, -0.2) is 17.1 Å². The van der Waals surface area contributed by atoms with E-state index in [1.54, 1.807) is 0 Å². The average molecular weight is 405 g/mol. The Hall–Kier alpha value is -1.82. The second-order valence-electron chi connectivity index (χ2n) is 5.04. The number of benzene rings is 2. The van der Waals surface area contributed by atoms with Gasteiger partial charge in [0.15, 0.2) is 0 Å². The second kappa shape index (κ2) is 6.52.